The summed E-state index contributed by atoms with van der Waals surface area (Å²) in [7, 11) is 1.81. The third kappa shape index (κ3) is 2.71. The Kier molecular flexibility index (Phi) is 3.76. The Morgan fingerprint density at radius 1 is 1.26 bits per heavy atom. The van der Waals surface area contributed by atoms with Crippen LogP contribution in [0.1, 0.15) is 32.9 Å². The molecule has 1 aromatic heterocycles. The van der Waals surface area contributed by atoms with Gasteiger partial charge in [-0.25, -0.2) is 0 Å². The summed E-state index contributed by atoms with van der Waals surface area (Å²) in [6.45, 7) is 5.88. The maximum absolute atomic E-state index is 12.3. The molecular weight excluding hydrogens is 260 g/mol. The molecule has 0 amide bonds. The van der Waals surface area contributed by atoms with E-state index in [9.17, 15) is 4.79 Å². The fraction of sp³-hybridized carbons (Fsp3) is 0.333. The van der Waals surface area contributed by atoms with Crippen molar-refractivity contribution in [2.75, 3.05) is 0 Å². The van der Waals surface area contributed by atoms with Crippen LogP contribution in [0.4, 0.5) is 0 Å². The second kappa shape index (κ2) is 5.17. The van der Waals surface area contributed by atoms with E-state index in [1.165, 1.54) is 5.56 Å². The number of aromatic nitrogens is 2. The van der Waals surface area contributed by atoms with Gasteiger partial charge in [-0.2, -0.15) is 5.10 Å². The van der Waals surface area contributed by atoms with Crippen LogP contribution in [0.25, 0.3) is 0 Å². The molecular formula is C15H17ClN2O. The van der Waals surface area contributed by atoms with Gasteiger partial charge >= 0.3 is 0 Å². The van der Waals surface area contributed by atoms with Gasteiger partial charge in [0.25, 0.3) is 0 Å². The van der Waals surface area contributed by atoms with Crippen LogP contribution in [0.15, 0.2) is 18.2 Å². The number of halogens is 1. The summed E-state index contributed by atoms with van der Waals surface area (Å²) in [5.41, 5.74) is 4.55. The molecule has 0 aliphatic carbocycles. The highest BCUT2D eigenvalue weighted by Crippen LogP contribution is 2.21. The number of ketones is 1. The molecule has 0 saturated carbocycles. The Labute approximate surface area is 118 Å². The molecule has 100 valence electrons. The van der Waals surface area contributed by atoms with E-state index in [4.69, 9.17) is 11.6 Å². The van der Waals surface area contributed by atoms with Crippen LogP contribution < -0.4 is 0 Å². The number of benzene rings is 1. The lowest BCUT2D eigenvalue weighted by Gasteiger charge is -2.05. The summed E-state index contributed by atoms with van der Waals surface area (Å²) in [5.74, 6) is 0.0630. The first-order valence-corrected chi connectivity index (χ1v) is 6.56. The summed E-state index contributed by atoms with van der Waals surface area (Å²) in [6, 6.07) is 5.76. The van der Waals surface area contributed by atoms with Crippen molar-refractivity contribution < 1.29 is 4.79 Å². The van der Waals surface area contributed by atoms with Gasteiger partial charge in [-0.15, -0.1) is 0 Å². The molecule has 0 bridgehead atoms. The van der Waals surface area contributed by atoms with Gasteiger partial charge in [0.1, 0.15) is 0 Å². The molecule has 2 aromatic rings. The predicted octanol–water partition coefficient (Wildman–Crippen LogP) is 3.42. The second-order valence-electron chi connectivity index (χ2n) is 4.87. The SMILES string of the molecule is Cc1ccc(C(=O)Cc2c(Cl)c(C)nn2C)cc1C. The van der Waals surface area contributed by atoms with Crippen LogP contribution in [0, 0.1) is 20.8 Å². The molecule has 2 rings (SSSR count). The molecule has 0 fully saturated rings. The number of carbonyl (C=O) groups excluding carboxylic acids is 1. The minimum absolute atomic E-state index is 0.0630. The minimum atomic E-state index is 0.0630. The van der Waals surface area contributed by atoms with Crippen molar-refractivity contribution in [3.8, 4) is 0 Å². The number of hydrogen-bond donors (Lipinski definition) is 0. The largest absolute Gasteiger partial charge is 0.294 e. The molecule has 19 heavy (non-hydrogen) atoms. The maximum Gasteiger partial charge on any atom is 0.168 e. The number of aryl methyl sites for hydroxylation is 4. The van der Waals surface area contributed by atoms with E-state index in [0.29, 0.717) is 5.02 Å². The van der Waals surface area contributed by atoms with E-state index in [2.05, 4.69) is 5.10 Å². The smallest absolute Gasteiger partial charge is 0.168 e. The molecule has 0 radical (unpaired) electrons. The zero-order valence-electron chi connectivity index (χ0n) is 11.6. The average molecular weight is 277 g/mol. The van der Waals surface area contributed by atoms with Crippen LogP contribution in [-0.2, 0) is 13.5 Å². The van der Waals surface area contributed by atoms with Crippen LogP contribution in [-0.4, -0.2) is 15.6 Å². The van der Waals surface area contributed by atoms with E-state index in [1.54, 1.807) is 4.68 Å². The summed E-state index contributed by atoms with van der Waals surface area (Å²) >= 11 is 6.17. The van der Waals surface area contributed by atoms with Gasteiger partial charge in [-0.1, -0.05) is 23.7 Å². The highest BCUT2D eigenvalue weighted by atomic mass is 35.5. The lowest BCUT2D eigenvalue weighted by molar-refractivity contribution is 0.0990. The lowest BCUT2D eigenvalue weighted by atomic mass is 10.0. The standard InChI is InChI=1S/C15H17ClN2O/c1-9-5-6-12(7-10(9)2)14(19)8-13-15(16)11(3)17-18(13)4/h5-7H,8H2,1-4H3. The minimum Gasteiger partial charge on any atom is -0.294 e. The monoisotopic (exact) mass is 276 g/mol. The molecule has 0 aliphatic heterocycles. The van der Waals surface area contributed by atoms with Crippen molar-refractivity contribution in [1.29, 1.82) is 0 Å². The third-order valence-electron chi connectivity index (χ3n) is 3.42. The molecule has 0 aliphatic rings. The molecule has 0 atom stereocenters. The van der Waals surface area contributed by atoms with Crippen LogP contribution in [0.2, 0.25) is 5.02 Å². The first kappa shape index (κ1) is 13.8. The van der Waals surface area contributed by atoms with Gasteiger partial charge in [0.2, 0.25) is 0 Å². The fourth-order valence-electron chi connectivity index (χ4n) is 2.04. The number of rotatable bonds is 3. The Morgan fingerprint density at radius 2 is 1.95 bits per heavy atom. The number of nitrogens with zero attached hydrogens (tertiary/aromatic N) is 2. The van der Waals surface area contributed by atoms with Crippen molar-refractivity contribution >= 4 is 17.4 Å². The Balaban J connectivity index is 2.28. The van der Waals surface area contributed by atoms with Crippen LogP contribution in [0.5, 0.6) is 0 Å². The number of carbonyl (C=O) groups is 1. The third-order valence-corrected chi connectivity index (χ3v) is 3.91. The molecule has 3 nitrogen and oxygen atoms in total. The normalized spacial score (nSPS) is 10.8. The van der Waals surface area contributed by atoms with Gasteiger partial charge in [0.15, 0.2) is 5.78 Å². The molecule has 1 heterocycles. The van der Waals surface area contributed by atoms with Crippen molar-refractivity contribution in [3.63, 3.8) is 0 Å². The molecule has 0 spiro atoms. The van der Waals surface area contributed by atoms with Crippen LogP contribution in [0.3, 0.4) is 0 Å². The van der Waals surface area contributed by atoms with Crippen LogP contribution >= 0.6 is 11.6 Å². The van der Waals surface area contributed by atoms with E-state index in [0.717, 1.165) is 22.5 Å². The van der Waals surface area contributed by atoms with Crippen molar-refractivity contribution in [2.24, 2.45) is 7.05 Å². The van der Waals surface area contributed by atoms with E-state index >= 15 is 0 Å². The van der Waals surface area contributed by atoms with Gasteiger partial charge in [-0.3, -0.25) is 9.48 Å². The quantitative estimate of drug-likeness (QED) is 0.805. The van der Waals surface area contributed by atoms with Crippen molar-refractivity contribution in [2.45, 2.75) is 27.2 Å². The zero-order chi connectivity index (χ0) is 14.2. The van der Waals surface area contributed by atoms with E-state index in [-0.39, 0.29) is 12.2 Å². The lowest BCUT2D eigenvalue weighted by Crippen LogP contribution is -2.08. The van der Waals surface area contributed by atoms with E-state index in [1.807, 2.05) is 46.0 Å². The first-order chi connectivity index (χ1) is 8.90. The topological polar surface area (TPSA) is 34.9 Å². The Bertz CT molecular complexity index is 644. The molecule has 4 heteroatoms. The van der Waals surface area contributed by atoms with Crippen molar-refractivity contribution in [3.05, 3.63) is 51.3 Å². The van der Waals surface area contributed by atoms with E-state index < -0.39 is 0 Å². The summed E-state index contributed by atoms with van der Waals surface area (Å²) < 4.78 is 1.68. The number of hydrogen-bond acceptors (Lipinski definition) is 2. The molecule has 0 N–H and O–H groups in total. The fourth-order valence-corrected chi connectivity index (χ4v) is 2.27. The predicted molar refractivity (Wildman–Crippen MR) is 76.9 cm³/mol. The average Bonchev–Trinajstić information content (AvgIpc) is 2.59. The maximum atomic E-state index is 12.3. The Hall–Kier alpha value is -1.61. The zero-order valence-corrected chi connectivity index (χ0v) is 12.4. The summed E-state index contributed by atoms with van der Waals surface area (Å²) in [5, 5.41) is 4.80. The first-order valence-electron chi connectivity index (χ1n) is 6.18. The van der Waals surface area contributed by atoms with Gasteiger partial charge in [-0.05, 0) is 38.0 Å². The number of Topliss-reactive ketones (excluding diaryl/α,β-unsaturated/α-hetero) is 1. The van der Waals surface area contributed by atoms with Crippen molar-refractivity contribution in [1.82, 2.24) is 9.78 Å². The highest BCUT2D eigenvalue weighted by Gasteiger charge is 2.16. The Morgan fingerprint density at radius 3 is 2.47 bits per heavy atom. The van der Waals surface area contributed by atoms with Gasteiger partial charge in [0.05, 0.1) is 22.8 Å². The van der Waals surface area contributed by atoms with Gasteiger partial charge < -0.3 is 0 Å². The summed E-state index contributed by atoms with van der Waals surface area (Å²) in [4.78, 5) is 12.3. The second-order valence-corrected chi connectivity index (χ2v) is 5.25. The highest BCUT2D eigenvalue weighted by molar-refractivity contribution is 6.32. The summed E-state index contributed by atoms with van der Waals surface area (Å²) in [6.07, 6.45) is 0.276. The molecule has 0 saturated heterocycles. The molecule has 1 aromatic carbocycles. The molecule has 0 unspecified atom stereocenters. The van der Waals surface area contributed by atoms with Gasteiger partial charge in [0, 0.05) is 12.6 Å².